The predicted octanol–water partition coefficient (Wildman–Crippen LogP) is 2.50. The zero-order valence-corrected chi connectivity index (χ0v) is 15.0. The molecule has 3 heterocycles. The monoisotopic (exact) mass is 342 g/mol. The fourth-order valence-corrected chi connectivity index (χ4v) is 4.39. The van der Waals surface area contributed by atoms with E-state index in [0.717, 1.165) is 38.2 Å². The molecule has 6 nitrogen and oxygen atoms in total. The molecule has 1 aliphatic carbocycles. The lowest BCUT2D eigenvalue weighted by Crippen LogP contribution is -2.54. The van der Waals surface area contributed by atoms with Crippen LogP contribution in [0.3, 0.4) is 0 Å². The van der Waals surface area contributed by atoms with Gasteiger partial charge in [0.1, 0.15) is 0 Å². The van der Waals surface area contributed by atoms with E-state index in [2.05, 4.69) is 28.4 Å². The van der Waals surface area contributed by atoms with E-state index < -0.39 is 0 Å². The lowest BCUT2D eigenvalue weighted by atomic mass is 9.60. The molecule has 0 bridgehead atoms. The zero-order chi connectivity index (χ0) is 17.4. The van der Waals surface area contributed by atoms with Crippen LogP contribution in [0, 0.1) is 12.3 Å². The van der Waals surface area contributed by atoms with Crippen molar-refractivity contribution in [3.8, 4) is 0 Å². The molecule has 2 aromatic rings. The molecule has 6 heteroatoms. The van der Waals surface area contributed by atoms with E-state index >= 15 is 0 Å². The Bertz CT molecular complexity index is 734. The molecule has 0 unspecified atom stereocenters. The van der Waals surface area contributed by atoms with E-state index in [1.807, 2.05) is 11.7 Å². The van der Waals surface area contributed by atoms with E-state index in [-0.39, 0.29) is 5.91 Å². The number of nitrogens with one attached hydrogen (secondary N) is 1. The van der Waals surface area contributed by atoms with E-state index in [9.17, 15) is 4.79 Å². The van der Waals surface area contributed by atoms with Crippen LogP contribution < -0.4 is 5.32 Å². The van der Waals surface area contributed by atoms with Crippen molar-refractivity contribution in [2.45, 2.75) is 45.2 Å². The molecule has 2 fully saturated rings. The van der Waals surface area contributed by atoms with Crippen molar-refractivity contribution in [2.75, 3.05) is 13.1 Å². The summed E-state index contributed by atoms with van der Waals surface area (Å²) in [6.07, 6.45) is 8.30. The largest absolute Gasteiger partial charge is 0.459 e. The average molecular weight is 342 g/mol. The van der Waals surface area contributed by atoms with Crippen molar-refractivity contribution in [3.63, 3.8) is 0 Å². The lowest BCUT2D eigenvalue weighted by Gasteiger charge is -2.52. The van der Waals surface area contributed by atoms with Gasteiger partial charge in [-0.15, -0.1) is 0 Å². The fourth-order valence-electron chi connectivity index (χ4n) is 4.39. The Morgan fingerprint density at radius 1 is 1.40 bits per heavy atom. The van der Waals surface area contributed by atoms with Gasteiger partial charge in [-0.25, -0.2) is 0 Å². The molecule has 1 aliphatic heterocycles. The molecule has 1 spiro atoms. The Morgan fingerprint density at radius 2 is 2.16 bits per heavy atom. The second-order valence-electron chi connectivity index (χ2n) is 7.75. The highest BCUT2D eigenvalue weighted by atomic mass is 16.3. The number of amides is 1. The van der Waals surface area contributed by atoms with Gasteiger partial charge in [0.15, 0.2) is 5.76 Å². The standard InChI is InChI=1S/C19H26N4O2/c1-14-15(12-22(2)21-14)13-23-7-5-19(6-8-23)10-16(11-19)20-18(24)17-4-3-9-25-17/h3-4,9,12,16H,5-8,10-11,13H2,1-2H3,(H,20,24). The van der Waals surface area contributed by atoms with E-state index in [4.69, 9.17) is 4.42 Å². The maximum Gasteiger partial charge on any atom is 0.287 e. The number of aromatic nitrogens is 2. The Hall–Kier alpha value is -2.08. The van der Waals surface area contributed by atoms with E-state index in [1.54, 1.807) is 12.1 Å². The molecule has 1 saturated heterocycles. The number of furan rings is 1. The van der Waals surface area contributed by atoms with Crippen molar-refractivity contribution < 1.29 is 9.21 Å². The number of carbonyl (C=O) groups excluding carboxylic acids is 1. The maximum absolute atomic E-state index is 12.0. The van der Waals surface area contributed by atoms with Gasteiger partial charge in [0.2, 0.25) is 0 Å². The van der Waals surface area contributed by atoms with Crippen molar-refractivity contribution in [3.05, 3.63) is 41.6 Å². The number of nitrogens with zero attached hydrogens (tertiary/aromatic N) is 3. The van der Waals surface area contributed by atoms with Gasteiger partial charge in [-0.1, -0.05) is 0 Å². The third-order valence-corrected chi connectivity index (χ3v) is 5.86. The maximum atomic E-state index is 12.0. The number of piperidine rings is 1. The molecule has 4 rings (SSSR count). The Morgan fingerprint density at radius 3 is 2.76 bits per heavy atom. The minimum atomic E-state index is -0.0886. The van der Waals surface area contributed by atoms with Gasteiger partial charge in [0.25, 0.3) is 5.91 Å². The average Bonchev–Trinajstić information content (AvgIpc) is 3.18. The molecule has 1 saturated carbocycles. The second-order valence-corrected chi connectivity index (χ2v) is 7.75. The molecule has 2 aromatic heterocycles. The van der Waals surface area contributed by atoms with Gasteiger partial charge < -0.3 is 9.73 Å². The van der Waals surface area contributed by atoms with Crippen LogP contribution in [-0.2, 0) is 13.6 Å². The first-order valence-corrected chi connectivity index (χ1v) is 9.09. The number of rotatable bonds is 4. The topological polar surface area (TPSA) is 63.3 Å². The van der Waals surface area contributed by atoms with E-state index in [1.165, 1.54) is 24.7 Å². The molecule has 25 heavy (non-hydrogen) atoms. The van der Waals surface area contributed by atoms with Gasteiger partial charge >= 0.3 is 0 Å². The number of likely N-dealkylation sites (tertiary alicyclic amines) is 1. The highest BCUT2D eigenvalue weighted by Crippen LogP contribution is 2.49. The van der Waals surface area contributed by atoms with Crippen LogP contribution in [-0.4, -0.2) is 39.7 Å². The summed E-state index contributed by atoms with van der Waals surface area (Å²) in [6, 6.07) is 3.75. The highest BCUT2D eigenvalue weighted by Gasteiger charge is 2.46. The minimum absolute atomic E-state index is 0.0886. The molecule has 2 aliphatic rings. The third-order valence-electron chi connectivity index (χ3n) is 5.86. The zero-order valence-electron chi connectivity index (χ0n) is 15.0. The van der Waals surface area contributed by atoms with Crippen molar-refractivity contribution in [2.24, 2.45) is 12.5 Å². The molecule has 134 valence electrons. The van der Waals surface area contributed by atoms with Crippen LogP contribution in [0.2, 0.25) is 0 Å². The first-order chi connectivity index (χ1) is 12.0. The van der Waals surface area contributed by atoms with Crippen molar-refractivity contribution >= 4 is 5.91 Å². The van der Waals surface area contributed by atoms with Crippen LogP contribution in [0.25, 0.3) is 0 Å². The van der Waals surface area contributed by atoms with E-state index in [0.29, 0.717) is 17.2 Å². The van der Waals surface area contributed by atoms with Crippen LogP contribution >= 0.6 is 0 Å². The number of aryl methyl sites for hydroxylation is 2. The molecular weight excluding hydrogens is 316 g/mol. The van der Waals surface area contributed by atoms with Gasteiger partial charge in [0.05, 0.1) is 12.0 Å². The summed E-state index contributed by atoms with van der Waals surface area (Å²) < 4.78 is 7.06. The van der Waals surface area contributed by atoms with Crippen LogP contribution in [0.1, 0.15) is 47.5 Å². The summed E-state index contributed by atoms with van der Waals surface area (Å²) in [5.41, 5.74) is 2.89. The minimum Gasteiger partial charge on any atom is -0.459 e. The number of carbonyl (C=O) groups is 1. The second kappa shape index (κ2) is 6.33. The van der Waals surface area contributed by atoms with Crippen LogP contribution in [0.15, 0.2) is 29.0 Å². The Kier molecular flexibility index (Phi) is 4.15. The molecule has 0 aromatic carbocycles. The summed E-state index contributed by atoms with van der Waals surface area (Å²) in [7, 11) is 1.98. The molecule has 1 N–H and O–H groups in total. The first-order valence-electron chi connectivity index (χ1n) is 9.09. The van der Waals surface area contributed by atoms with Crippen molar-refractivity contribution in [1.82, 2.24) is 20.0 Å². The number of hydrogen-bond donors (Lipinski definition) is 1. The first kappa shape index (κ1) is 16.4. The van der Waals surface area contributed by atoms with Crippen LogP contribution in [0.5, 0.6) is 0 Å². The summed E-state index contributed by atoms with van der Waals surface area (Å²) in [4.78, 5) is 14.6. The summed E-state index contributed by atoms with van der Waals surface area (Å²) in [6.45, 7) is 5.34. The summed E-state index contributed by atoms with van der Waals surface area (Å²) in [5.74, 6) is 0.317. The van der Waals surface area contributed by atoms with Gasteiger partial charge in [-0.2, -0.15) is 5.10 Å². The molecule has 0 atom stereocenters. The summed E-state index contributed by atoms with van der Waals surface area (Å²) >= 11 is 0. The van der Waals surface area contributed by atoms with Crippen molar-refractivity contribution in [1.29, 1.82) is 0 Å². The summed E-state index contributed by atoms with van der Waals surface area (Å²) in [5, 5.41) is 7.53. The smallest absolute Gasteiger partial charge is 0.287 e. The SMILES string of the molecule is Cc1nn(C)cc1CN1CCC2(CC1)CC(NC(=O)c1ccco1)C2. The fraction of sp³-hybridized carbons (Fsp3) is 0.579. The highest BCUT2D eigenvalue weighted by molar-refractivity contribution is 5.91. The lowest BCUT2D eigenvalue weighted by molar-refractivity contribution is 0.00428. The van der Waals surface area contributed by atoms with Crippen LogP contribution in [0.4, 0.5) is 0 Å². The van der Waals surface area contributed by atoms with Gasteiger partial charge in [-0.3, -0.25) is 14.4 Å². The predicted molar refractivity (Wildman–Crippen MR) is 94.1 cm³/mol. The van der Waals surface area contributed by atoms with Gasteiger partial charge in [-0.05, 0) is 63.2 Å². The normalized spacial score (nSPS) is 20.6. The third kappa shape index (κ3) is 3.35. The molecule has 0 radical (unpaired) electrons. The molecule has 1 amide bonds. The Balaban J connectivity index is 1.24. The Labute approximate surface area is 148 Å². The van der Waals surface area contributed by atoms with Gasteiger partial charge in [0, 0.05) is 31.4 Å². The number of hydrogen-bond acceptors (Lipinski definition) is 4. The quantitative estimate of drug-likeness (QED) is 0.927. The molecular formula is C19H26N4O2.